The highest BCUT2D eigenvalue weighted by Crippen LogP contribution is 2.15. The van der Waals surface area contributed by atoms with Gasteiger partial charge in [-0.1, -0.05) is 12.1 Å². The Labute approximate surface area is 122 Å². The molecule has 0 aliphatic carbocycles. The van der Waals surface area contributed by atoms with Gasteiger partial charge in [0.15, 0.2) is 0 Å². The van der Waals surface area contributed by atoms with Crippen LogP contribution in [0, 0.1) is 11.3 Å². The first-order valence-corrected chi connectivity index (χ1v) is 7.25. The molecular formula is C16H13NO2S. The summed E-state index contributed by atoms with van der Waals surface area (Å²) in [6.45, 7) is 0.203. The minimum absolute atomic E-state index is 0.203. The molecule has 0 heterocycles. The van der Waals surface area contributed by atoms with Crippen molar-refractivity contribution in [2.24, 2.45) is 0 Å². The van der Waals surface area contributed by atoms with Gasteiger partial charge in [-0.05, 0) is 48.2 Å². The van der Waals surface area contributed by atoms with Crippen LogP contribution < -0.4 is 0 Å². The summed E-state index contributed by atoms with van der Waals surface area (Å²) in [4.78, 5) is 13.0. The Morgan fingerprint density at radius 1 is 1.15 bits per heavy atom. The molecule has 0 spiro atoms. The maximum atomic E-state index is 11.9. The Kier molecular flexibility index (Phi) is 4.80. The van der Waals surface area contributed by atoms with E-state index in [0.29, 0.717) is 11.1 Å². The monoisotopic (exact) mass is 283 g/mol. The van der Waals surface area contributed by atoms with Crippen molar-refractivity contribution in [1.29, 1.82) is 5.26 Å². The van der Waals surface area contributed by atoms with Gasteiger partial charge in [0.1, 0.15) is 6.61 Å². The van der Waals surface area contributed by atoms with Crippen LogP contribution in [0.25, 0.3) is 0 Å². The fraction of sp³-hybridized carbons (Fsp3) is 0.125. The zero-order valence-electron chi connectivity index (χ0n) is 11.0. The Balaban J connectivity index is 1.95. The van der Waals surface area contributed by atoms with Gasteiger partial charge in [-0.3, -0.25) is 0 Å². The fourth-order valence-corrected chi connectivity index (χ4v) is 2.04. The fourth-order valence-electron chi connectivity index (χ4n) is 1.63. The molecule has 0 saturated heterocycles. The van der Waals surface area contributed by atoms with Crippen LogP contribution in [0.4, 0.5) is 0 Å². The van der Waals surface area contributed by atoms with E-state index in [0.717, 1.165) is 10.5 Å². The summed E-state index contributed by atoms with van der Waals surface area (Å²) in [7, 11) is 0. The number of thioether (sulfide) groups is 1. The number of carbonyl (C=O) groups is 1. The zero-order chi connectivity index (χ0) is 14.4. The molecule has 0 N–H and O–H groups in total. The molecule has 0 amide bonds. The summed E-state index contributed by atoms with van der Waals surface area (Å²) < 4.78 is 5.23. The van der Waals surface area contributed by atoms with Crippen LogP contribution in [-0.2, 0) is 11.3 Å². The van der Waals surface area contributed by atoms with E-state index in [-0.39, 0.29) is 12.6 Å². The second-order valence-electron chi connectivity index (χ2n) is 4.11. The van der Waals surface area contributed by atoms with E-state index in [1.165, 1.54) is 0 Å². The number of hydrogen-bond acceptors (Lipinski definition) is 4. The SMILES string of the molecule is CSc1ccc(C(=O)OCc2ccc(C#N)cc2)cc1. The molecule has 3 nitrogen and oxygen atoms in total. The van der Waals surface area contributed by atoms with Crippen molar-refractivity contribution in [2.45, 2.75) is 11.5 Å². The number of rotatable bonds is 4. The third-order valence-electron chi connectivity index (χ3n) is 2.78. The van der Waals surface area contributed by atoms with E-state index < -0.39 is 0 Å². The predicted octanol–water partition coefficient (Wildman–Crippen LogP) is 3.64. The average molecular weight is 283 g/mol. The molecule has 0 saturated carbocycles. The molecule has 0 unspecified atom stereocenters. The highest BCUT2D eigenvalue weighted by molar-refractivity contribution is 7.98. The van der Waals surface area contributed by atoms with Gasteiger partial charge in [0.05, 0.1) is 17.2 Å². The van der Waals surface area contributed by atoms with Crippen molar-refractivity contribution in [2.75, 3.05) is 6.26 Å². The first-order valence-electron chi connectivity index (χ1n) is 6.03. The van der Waals surface area contributed by atoms with E-state index >= 15 is 0 Å². The van der Waals surface area contributed by atoms with E-state index in [1.54, 1.807) is 48.2 Å². The van der Waals surface area contributed by atoms with E-state index in [1.807, 2.05) is 24.5 Å². The standard InChI is InChI=1S/C16H13NO2S/c1-20-15-8-6-14(7-9-15)16(18)19-11-13-4-2-12(10-17)3-5-13/h2-9H,11H2,1H3. The molecule has 0 atom stereocenters. The Morgan fingerprint density at radius 3 is 2.35 bits per heavy atom. The third kappa shape index (κ3) is 3.62. The predicted molar refractivity (Wildman–Crippen MR) is 78.5 cm³/mol. The molecule has 0 bridgehead atoms. The van der Waals surface area contributed by atoms with Crippen LogP contribution in [0.2, 0.25) is 0 Å². The summed E-state index contributed by atoms with van der Waals surface area (Å²) >= 11 is 1.62. The van der Waals surface area contributed by atoms with Gasteiger partial charge < -0.3 is 4.74 Å². The minimum atomic E-state index is -0.345. The minimum Gasteiger partial charge on any atom is -0.457 e. The van der Waals surface area contributed by atoms with E-state index in [2.05, 4.69) is 0 Å². The van der Waals surface area contributed by atoms with Crippen molar-refractivity contribution in [3.05, 3.63) is 65.2 Å². The number of nitrogens with zero attached hydrogens (tertiary/aromatic N) is 1. The second kappa shape index (κ2) is 6.78. The van der Waals surface area contributed by atoms with Gasteiger partial charge in [0.25, 0.3) is 0 Å². The second-order valence-corrected chi connectivity index (χ2v) is 4.99. The van der Waals surface area contributed by atoms with E-state index in [4.69, 9.17) is 10.00 Å². The van der Waals surface area contributed by atoms with Crippen LogP contribution in [0.5, 0.6) is 0 Å². The van der Waals surface area contributed by atoms with Crippen molar-refractivity contribution in [1.82, 2.24) is 0 Å². The number of hydrogen-bond donors (Lipinski definition) is 0. The molecule has 0 aromatic heterocycles. The zero-order valence-corrected chi connectivity index (χ0v) is 11.8. The van der Waals surface area contributed by atoms with Gasteiger partial charge in [-0.25, -0.2) is 4.79 Å². The molecule has 100 valence electrons. The van der Waals surface area contributed by atoms with Crippen LogP contribution >= 0.6 is 11.8 Å². The average Bonchev–Trinajstić information content (AvgIpc) is 2.53. The molecular weight excluding hydrogens is 270 g/mol. The number of ether oxygens (including phenoxy) is 1. The first kappa shape index (κ1) is 14.2. The lowest BCUT2D eigenvalue weighted by atomic mass is 10.1. The number of carbonyl (C=O) groups excluding carboxylic acids is 1. The van der Waals surface area contributed by atoms with Gasteiger partial charge in [-0.15, -0.1) is 11.8 Å². The normalized spacial score (nSPS) is 9.80. The molecule has 2 aromatic rings. The summed E-state index contributed by atoms with van der Waals surface area (Å²) in [6, 6.07) is 16.3. The van der Waals surface area contributed by atoms with Crippen molar-refractivity contribution >= 4 is 17.7 Å². The van der Waals surface area contributed by atoms with Gasteiger partial charge >= 0.3 is 5.97 Å². The first-order chi connectivity index (χ1) is 9.72. The Hall–Kier alpha value is -2.25. The lowest BCUT2D eigenvalue weighted by Crippen LogP contribution is -2.05. The van der Waals surface area contributed by atoms with Crippen molar-refractivity contribution in [3.8, 4) is 6.07 Å². The van der Waals surface area contributed by atoms with E-state index in [9.17, 15) is 4.79 Å². The Bertz CT molecular complexity index is 627. The maximum absolute atomic E-state index is 11.9. The molecule has 2 rings (SSSR count). The molecule has 4 heteroatoms. The number of esters is 1. The highest BCUT2D eigenvalue weighted by Gasteiger charge is 2.07. The number of nitriles is 1. The molecule has 0 aliphatic heterocycles. The molecule has 0 aliphatic rings. The highest BCUT2D eigenvalue weighted by atomic mass is 32.2. The number of benzene rings is 2. The van der Waals surface area contributed by atoms with Crippen LogP contribution in [0.15, 0.2) is 53.4 Å². The summed E-state index contributed by atoms with van der Waals surface area (Å²) in [5.74, 6) is -0.345. The van der Waals surface area contributed by atoms with Gasteiger partial charge in [-0.2, -0.15) is 5.26 Å². The molecule has 0 fully saturated rings. The lowest BCUT2D eigenvalue weighted by Gasteiger charge is -2.05. The summed E-state index contributed by atoms with van der Waals surface area (Å²) in [5.41, 5.74) is 1.99. The van der Waals surface area contributed by atoms with Crippen molar-refractivity contribution < 1.29 is 9.53 Å². The van der Waals surface area contributed by atoms with Crippen LogP contribution in [0.3, 0.4) is 0 Å². The Morgan fingerprint density at radius 2 is 1.80 bits per heavy atom. The summed E-state index contributed by atoms with van der Waals surface area (Å²) in [6.07, 6.45) is 1.98. The molecule has 0 radical (unpaired) electrons. The quantitative estimate of drug-likeness (QED) is 0.635. The van der Waals surface area contributed by atoms with Crippen molar-refractivity contribution in [3.63, 3.8) is 0 Å². The maximum Gasteiger partial charge on any atom is 0.338 e. The topological polar surface area (TPSA) is 50.1 Å². The smallest absolute Gasteiger partial charge is 0.338 e. The van der Waals surface area contributed by atoms with Gasteiger partial charge in [0.2, 0.25) is 0 Å². The molecule has 2 aromatic carbocycles. The van der Waals surface area contributed by atoms with Crippen LogP contribution in [0.1, 0.15) is 21.5 Å². The summed E-state index contributed by atoms with van der Waals surface area (Å²) in [5, 5.41) is 8.70. The lowest BCUT2D eigenvalue weighted by molar-refractivity contribution is 0.0472. The molecule has 20 heavy (non-hydrogen) atoms. The third-order valence-corrected chi connectivity index (χ3v) is 3.52. The van der Waals surface area contributed by atoms with Gasteiger partial charge in [0, 0.05) is 4.90 Å². The van der Waals surface area contributed by atoms with Crippen LogP contribution in [-0.4, -0.2) is 12.2 Å². The largest absolute Gasteiger partial charge is 0.457 e.